The van der Waals surface area contributed by atoms with Gasteiger partial charge in [-0.15, -0.1) is 22.7 Å². The molecule has 17 heteroatoms. The summed E-state index contributed by atoms with van der Waals surface area (Å²) in [5.74, 6) is -1.26. The van der Waals surface area contributed by atoms with E-state index < -0.39 is 35.2 Å². The van der Waals surface area contributed by atoms with Crippen LogP contribution in [0.2, 0.25) is 0 Å². The van der Waals surface area contributed by atoms with Crippen LogP contribution >= 0.6 is 44.3 Å². The number of nitrogens with one attached hydrogen (secondary N) is 2. The standard InChI is InChI=1S/C30H28N6O7S4/c1-16(2)24(28(40)43-13-17-9-11-18(41-3)12-10-17)36-26(39)23(27(36)46-47-30-33-19-7-5-6-8-21(19)45-30)34-25(38)22(35-42-4)20-14-44-29(32-20)31-15-37/h5-12,14-15,23-24,27H,1,13H2,2-4H3,(H,34,38)(H,31,32,37)/b35-22-. The van der Waals surface area contributed by atoms with Crippen LogP contribution in [0.4, 0.5) is 5.13 Å². The number of amides is 3. The maximum absolute atomic E-state index is 13.7. The van der Waals surface area contributed by atoms with E-state index in [0.717, 1.165) is 31.5 Å². The summed E-state index contributed by atoms with van der Waals surface area (Å²) in [5.41, 5.74) is 1.89. The van der Waals surface area contributed by atoms with Gasteiger partial charge >= 0.3 is 5.97 Å². The number of oxime groups is 1. The predicted octanol–water partition coefficient (Wildman–Crippen LogP) is 4.46. The number of esters is 1. The van der Waals surface area contributed by atoms with Gasteiger partial charge in [0.15, 0.2) is 21.2 Å². The Bertz CT molecular complexity index is 1790. The fraction of sp³-hybridized carbons (Fsp3) is 0.233. The second-order valence-electron chi connectivity index (χ2n) is 9.84. The van der Waals surface area contributed by atoms with E-state index in [1.54, 1.807) is 38.3 Å². The number of thiazole rings is 2. The molecule has 0 spiro atoms. The molecule has 2 N–H and O–H groups in total. The molecule has 3 heterocycles. The van der Waals surface area contributed by atoms with Crippen molar-refractivity contribution in [2.45, 2.75) is 35.3 Å². The average molecular weight is 713 g/mol. The van der Waals surface area contributed by atoms with Crippen LogP contribution in [0.1, 0.15) is 18.2 Å². The zero-order valence-corrected chi connectivity index (χ0v) is 28.5. The third-order valence-electron chi connectivity index (χ3n) is 6.69. The van der Waals surface area contributed by atoms with E-state index >= 15 is 0 Å². The first-order chi connectivity index (χ1) is 22.7. The molecule has 1 saturated heterocycles. The van der Waals surface area contributed by atoms with Crippen LogP contribution in [-0.2, 0) is 35.4 Å². The molecule has 244 valence electrons. The van der Waals surface area contributed by atoms with Gasteiger partial charge in [0.1, 0.15) is 36.6 Å². The Labute approximate surface area is 285 Å². The molecule has 1 aliphatic heterocycles. The Morgan fingerprint density at radius 1 is 1.17 bits per heavy atom. The Balaban J connectivity index is 1.37. The lowest BCUT2D eigenvalue weighted by molar-refractivity contribution is -0.163. The Kier molecular flexibility index (Phi) is 11.1. The normalized spacial score (nSPS) is 16.6. The zero-order chi connectivity index (χ0) is 33.5. The monoisotopic (exact) mass is 712 g/mol. The van der Waals surface area contributed by atoms with Gasteiger partial charge < -0.3 is 29.8 Å². The van der Waals surface area contributed by atoms with Gasteiger partial charge in [-0.1, -0.05) is 46.8 Å². The fourth-order valence-electron chi connectivity index (χ4n) is 4.48. The van der Waals surface area contributed by atoms with Crippen molar-refractivity contribution in [3.8, 4) is 5.75 Å². The van der Waals surface area contributed by atoms with E-state index in [4.69, 9.17) is 14.3 Å². The second kappa shape index (κ2) is 15.4. The molecule has 47 heavy (non-hydrogen) atoms. The Morgan fingerprint density at radius 2 is 1.94 bits per heavy atom. The number of nitrogens with zero attached hydrogens (tertiary/aromatic N) is 4. The SMILES string of the molecule is C=C(C)C(C(=O)OCc1ccc(OC)cc1)N1C(=O)C(NC(=O)/C(=N\OC)c2csc(NC=O)n2)C1SSc1nc2ccccc2s1. The summed E-state index contributed by atoms with van der Waals surface area (Å²) in [6.45, 7) is 5.58. The zero-order valence-electron chi connectivity index (χ0n) is 25.2. The summed E-state index contributed by atoms with van der Waals surface area (Å²) in [6, 6.07) is 12.6. The summed E-state index contributed by atoms with van der Waals surface area (Å²) >= 11 is 2.57. The minimum absolute atomic E-state index is 0.0293. The van der Waals surface area contributed by atoms with Crippen molar-refractivity contribution in [3.63, 3.8) is 0 Å². The van der Waals surface area contributed by atoms with Crippen LogP contribution in [0.5, 0.6) is 5.75 Å². The number of para-hydroxylation sites is 1. The highest BCUT2D eigenvalue weighted by molar-refractivity contribution is 8.77. The van der Waals surface area contributed by atoms with Crippen molar-refractivity contribution in [3.05, 3.63) is 77.3 Å². The number of β-lactam (4-membered cyclic amide) rings is 1. The van der Waals surface area contributed by atoms with Gasteiger partial charge in [0.2, 0.25) is 12.3 Å². The van der Waals surface area contributed by atoms with Crippen molar-refractivity contribution in [2.24, 2.45) is 5.16 Å². The van der Waals surface area contributed by atoms with Gasteiger partial charge in [-0.2, -0.15) is 0 Å². The van der Waals surface area contributed by atoms with Crippen molar-refractivity contribution in [1.29, 1.82) is 0 Å². The quantitative estimate of drug-likeness (QED) is 0.0341. The molecule has 0 bridgehead atoms. The third kappa shape index (κ3) is 7.75. The Hall–Kier alpha value is -4.45. The molecule has 4 aromatic rings. The number of hydrogen-bond donors (Lipinski definition) is 2. The van der Waals surface area contributed by atoms with Crippen LogP contribution in [-0.4, -0.2) is 76.5 Å². The molecule has 0 radical (unpaired) electrons. The average Bonchev–Trinajstić information content (AvgIpc) is 3.71. The molecule has 3 unspecified atom stereocenters. The molecule has 0 saturated carbocycles. The number of fused-ring (bicyclic) bond motifs is 1. The van der Waals surface area contributed by atoms with Gasteiger partial charge in [-0.3, -0.25) is 14.4 Å². The van der Waals surface area contributed by atoms with Gasteiger partial charge in [0.25, 0.3) is 5.91 Å². The first-order valence-corrected chi connectivity index (χ1v) is 17.7. The number of carbonyl (C=O) groups excluding carboxylic acids is 4. The molecule has 1 aliphatic rings. The summed E-state index contributed by atoms with van der Waals surface area (Å²) < 4.78 is 12.5. The van der Waals surface area contributed by atoms with Gasteiger partial charge in [0.05, 0.1) is 17.3 Å². The number of ether oxygens (including phenoxy) is 2. The first kappa shape index (κ1) is 33.9. The number of carbonyl (C=O) groups is 4. The number of anilines is 1. The van der Waals surface area contributed by atoms with Gasteiger partial charge in [0, 0.05) is 5.38 Å². The highest BCUT2D eigenvalue weighted by Gasteiger charge is 2.54. The van der Waals surface area contributed by atoms with Gasteiger partial charge in [-0.25, -0.2) is 14.8 Å². The van der Waals surface area contributed by atoms with Crippen LogP contribution in [0, 0.1) is 0 Å². The topological polar surface area (TPSA) is 161 Å². The molecule has 2 aromatic carbocycles. The molecule has 5 rings (SSSR count). The lowest BCUT2D eigenvalue weighted by Gasteiger charge is -2.49. The number of aromatic nitrogens is 2. The van der Waals surface area contributed by atoms with E-state index in [9.17, 15) is 19.2 Å². The maximum Gasteiger partial charge on any atom is 0.333 e. The lowest BCUT2D eigenvalue weighted by Crippen LogP contribution is -2.73. The molecular weight excluding hydrogens is 685 g/mol. The summed E-state index contributed by atoms with van der Waals surface area (Å²) in [7, 11) is 5.41. The smallest absolute Gasteiger partial charge is 0.333 e. The van der Waals surface area contributed by atoms with E-state index in [-0.39, 0.29) is 23.1 Å². The number of likely N-dealkylation sites (tertiary alicyclic amines) is 1. The van der Waals surface area contributed by atoms with E-state index in [2.05, 4.69) is 32.3 Å². The third-order valence-corrected chi connectivity index (χ3v) is 11.5. The number of methoxy groups -OCH3 is 1. The lowest BCUT2D eigenvalue weighted by atomic mass is 9.99. The van der Waals surface area contributed by atoms with Crippen LogP contribution in [0.25, 0.3) is 10.2 Å². The van der Waals surface area contributed by atoms with E-state index in [1.807, 2.05) is 24.3 Å². The maximum atomic E-state index is 13.7. The van der Waals surface area contributed by atoms with Crippen molar-refractivity contribution in [2.75, 3.05) is 19.5 Å². The number of hydrogen-bond acceptors (Lipinski definition) is 14. The first-order valence-electron chi connectivity index (χ1n) is 13.8. The van der Waals surface area contributed by atoms with Gasteiger partial charge in [-0.05, 0) is 53.1 Å². The number of benzene rings is 2. The van der Waals surface area contributed by atoms with Crippen molar-refractivity contribution >= 4 is 89.5 Å². The second-order valence-corrected chi connectivity index (χ2v) is 14.3. The van der Waals surface area contributed by atoms with E-state index in [0.29, 0.717) is 17.7 Å². The fourth-order valence-corrected chi connectivity index (χ4v) is 9.10. The minimum Gasteiger partial charge on any atom is -0.497 e. The molecule has 1 fully saturated rings. The predicted molar refractivity (Wildman–Crippen MR) is 182 cm³/mol. The Morgan fingerprint density at radius 3 is 2.62 bits per heavy atom. The molecular formula is C30H28N6O7S4. The van der Waals surface area contributed by atoms with Crippen LogP contribution < -0.4 is 15.4 Å². The molecule has 2 aromatic heterocycles. The summed E-state index contributed by atoms with van der Waals surface area (Å²) in [4.78, 5) is 66.6. The molecule has 0 aliphatic carbocycles. The molecule has 3 atom stereocenters. The number of rotatable bonds is 15. The highest BCUT2D eigenvalue weighted by Crippen LogP contribution is 2.45. The van der Waals surface area contributed by atoms with Crippen molar-refractivity contribution < 1.29 is 33.5 Å². The van der Waals surface area contributed by atoms with Crippen molar-refractivity contribution in [1.82, 2.24) is 20.2 Å². The minimum atomic E-state index is -1.12. The van der Waals surface area contributed by atoms with Crippen LogP contribution in [0.15, 0.2) is 75.6 Å². The highest BCUT2D eigenvalue weighted by atomic mass is 33.1. The van der Waals surface area contributed by atoms with E-state index in [1.165, 1.54) is 50.3 Å². The largest absolute Gasteiger partial charge is 0.497 e. The van der Waals surface area contributed by atoms with Crippen LogP contribution in [0.3, 0.4) is 0 Å². The molecule has 3 amide bonds. The summed E-state index contributed by atoms with van der Waals surface area (Å²) in [5, 5.41) is 9.99. The summed E-state index contributed by atoms with van der Waals surface area (Å²) in [6.07, 6.45) is 0.461. The molecule has 13 nitrogen and oxygen atoms in total.